The lowest BCUT2D eigenvalue weighted by Gasteiger charge is -1.90. The van der Waals surface area contributed by atoms with Gasteiger partial charge in [-0.15, -0.1) is 0 Å². The molecule has 0 amide bonds. The Bertz CT molecular complexity index is 369. The molecule has 0 bridgehead atoms. The van der Waals surface area contributed by atoms with Crippen LogP contribution in [0.2, 0.25) is 0 Å². The maximum atomic E-state index is 2.18. The average molecular weight is 329 g/mol. The predicted molar refractivity (Wildman–Crippen MR) is 113 cm³/mol. The first kappa shape index (κ1) is 24.7. The molecule has 2 rings (SSSR count). The molecule has 0 aliphatic rings. The molecule has 0 N–H and O–H groups in total. The van der Waals surface area contributed by atoms with Gasteiger partial charge < -0.3 is 0 Å². The van der Waals surface area contributed by atoms with Crippen LogP contribution in [0.1, 0.15) is 75.6 Å². The summed E-state index contributed by atoms with van der Waals surface area (Å²) in [4.78, 5) is 0. The first-order valence-corrected chi connectivity index (χ1v) is 9.47. The van der Waals surface area contributed by atoms with E-state index in [1.165, 1.54) is 47.9 Å². The van der Waals surface area contributed by atoms with Gasteiger partial charge in [0.05, 0.1) is 0 Å². The molecule has 2 aromatic carbocycles. The van der Waals surface area contributed by atoms with E-state index in [2.05, 4.69) is 104 Å². The zero-order chi connectivity index (χ0) is 18.8. The third-order valence-electron chi connectivity index (χ3n) is 3.44. The summed E-state index contributed by atoms with van der Waals surface area (Å²) in [5.74, 6) is 0. The van der Waals surface area contributed by atoms with Gasteiger partial charge in [0.15, 0.2) is 0 Å². The van der Waals surface area contributed by atoms with Crippen LogP contribution in [-0.4, -0.2) is 0 Å². The zero-order valence-corrected chi connectivity index (χ0v) is 17.4. The van der Waals surface area contributed by atoms with Gasteiger partial charge >= 0.3 is 0 Å². The summed E-state index contributed by atoms with van der Waals surface area (Å²) >= 11 is 0. The van der Waals surface area contributed by atoms with Gasteiger partial charge in [-0.1, -0.05) is 124 Å². The highest BCUT2D eigenvalue weighted by atomic mass is 13.9. The third kappa shape index (κ3) is 18.5. The van der Waals surface area contributed by atoms with Crippen LogP contribution in [0.4, 0.5) is 0 Å². The number of hydrogen-bond donors (Lipinski definition) is 0. The van der Waals surface area contributed by atoms with Crippen LogP contribution in [0.15, 0.2) is 48.5 Å². The third-order valence-corrected chi connectivity index (χ3v) is 3.44. The van der Waals surface area contributed by atoms with Crippen molar-refractivity contribution in [3.05, 3.63) is 70.8 Å². The van der Waals surface area contributed by atoms with Crippen molar-refractivity contribution >= 4 is 0 Å². The van der Waals surface area contributed by atoms with Crippen molar-refractivity contribution in [3.8, 4) is 0 Å². The molecule has 2 aromatic rings. The molecule has 24 heavy (non-hydrogen) atoms. The van der Waals surface area contributed by atoms with E-state index >= 15 is 0 Å². The average Bonchev–Trinajstić information content (AvgIpc) is 2.61. The second-order valence-electron chi connectivity index (χ2n) is 6.31. The van der Waals surface area contributed by atoms with E-state index in [4.69, 9.17) is 0 Å². The van der Waals surface area contributed by atoms with Crippen molar-refractivity contribution in [2.75, 3.05) is 0 Å². The predicted octanol–water partition coefficient (Wildman–Crippen LogP) is 8.22. The van der Waals surface area contributed by atoms with Gasteiger partial charge in [-0.2, -0.15) is 0 Å². The molecule has 0 heterocycles. The van der Waals surface area contributed by atoms with Gasteiger partial charge in [0.25, 0.3) is 0 Å². The normalized spacial score (nSPS) is 8.67. The molecular weight excluding hydrogens is 288 g/mol. The Balaban J connectivity index is 0. The monoisotopic (exact) mass is 328 g/mol. The molecule has 0 unspecified atom stereocenters. The van der Waals surface area contributed by atoms with E-state index in [9.17, 15) is 0 Å². The van der Waals surface area contributed by atoms with E-state index in [1.807, 2.05) is 0 Å². The van der Waals surface area contributed by atoms with Crippen molar-refractivity contribution in [3.63, 3.8) is 0 Å². The molecule has 136 valence electrons. The first-order valence-electron chi connectivity index (χ1n) is 9.47. The Morgan fingerprint density at radius 2 is 0.500 bits per heavy atom. The lowest BCUT2D eigenvalue weighted by molar-refractivity contribution is 0.886. The van der Waals surface area contributed by atoms with Gasteiger partial charge in [0.1, 0.15) is 0 Å². The molecule has 0 aliphatic carbocycles. The fraction of sp³-hybridized carbons (Fsp3) is 0.500. The summed E-state index contributed by atoms with van der Waals surface area (Å²) in [6, 6.07) is 17.0. The Morgan fingerprint density at radius 3 is 0.583 bits per heavy atom. The van der Waals surface area contributed by atoms with E-state index < -0.39 is 0 Å². The number of unbranched alkanes of at least 4 members (excludes halogenated alkanes) is 2. The molecule has 0 radical (unpaired) electrons. The van der Waals surface area contributed by atoms with Gasteiger partial charge in [-0.3, -0.25) is 0 Å². The minimum Gasteiger partial charge on any atom is -0.0654 e. The minimum atomic E-state index is 1.32. The molecular formula is C24H40. The van der Waals surface area contributed by atoms with E-state index in [-0.39, 0.29) is 0 Å². The molecule has 0 aliphatic heterocycles. The highest BCUT2D eigenvalue weighted by Gasteiger charge is 1.80. The first-order chi connectivity index (χ1) is 11.4. The summed E-state index contributed by atoms with van der Waals surface area (Å²) in [6.45, 7) is 17.1. The van der Waals surface area contributed by atoms with Crippen molar-refractivity contribution in [2.45, 2.75) is 81.1 Å². The lowest BCUT2D eigenvalue weighted by Crippen LogP contribution is -1.70. The van der Waals surface area contributed by atoms with Crippen molar-refractivity contribution in [1.82, 2.24) is 0 Å². The van der Waals surface area contributed by atoms with E-state index in [0.717, 1.165) is 0 Å². The summed E-state index contributed by atoms with van der Waals surface area (Å²) in [5, 5.41) is 0. The zero-order valence-electron chi connectivity index (χ0n) is 17.4. The minimum absolute atomic E-state index is 1.32. The summed E-state index contributed by atoms with van der Waals surface area (Å²) in [5.41, 5.74) is 5.32. The van der Waals surface area contributed by atoms with Gasteiger partial charge in [-0.25, -0.2) is 0 Å². The summed E-state index contributed by atoms with van der Waals surface area (Å²) in [6.07, 6.45) is 5.28. The fourth-order valence-corrected chi connectivity index (χ4v) is 1.27. The van der Waals surface area contributed by atoms with Crippen molar-refractivity contribution in [2.24, 2.45) is 0 Å². The van der Waals surface area contributed by atoms with Crippen LogP contribution in [0, 0.1) is 27.7 Å². The molecule has 0 fully saturated rings. The smallest absolute Gasteiger partial charge is 0.0398 e. The molecule has 0 saturated heterocycles. The Hall–Kier alpha value is -1.56. The second kappa shape index (κ2) is 17.8. The maximum absolute atomic E-state index is 2.18. The number of benzene rings is 2. The summed E-state index contributed by atoms with van der Waals surface area (Å²) < 4.78 is 0. The van der Waals surface area contributed by atoms with Gasteiger partial charge in [-0.05, 0) is 27.7 Å². The van der Waals surface area contributed by atoms with E-state index in [0.29, 0.717) is 0 Å². The molecule has 0 saturated carbocycles. The quantitative estimate of drug-likeness (QED) is 0.521. The van der Waals surface area contributed by atoms with Crippen molar-refractivity contribution in [1.29, 1.82) is 0 Å². The standard InChI is InChI=1S/2C8H10.2C4H10/c2*1-7-3-5-8(2)6-4-7;2*1-3-4-2/h2*3-6H,1-2H3;2*3-4H2,1-2H3. The summed E-state index contributed by atoms with van der Waals surface area (Å²) in [7, 11) is 0. The van der Waals surface area contributed by atoms with Crippen LogP contribution in [-0.2, 0) is 0 Å². The largest absolute Gasteiger partial charge is 0.0654 e. The van der Waals surface area contributed by atoms with Crippen molar-refractivity contribution < 1.29 is 0 Å². The highest BCUT2D eigenvalue weighted by Crippen LogP contribution is 2.00. The second-order valence-corrected chi connectivity index (χ2v) is 6.31. The number of hydrogen-bond acceptors (Lipinski definition) is 0. The Morgan fingerprint density at radius 1 is 0.375 bits per heavy atom. The maximum Gasteiger partial charge on any atom is -0.0398 e. The Labute approximate surface area is 152 Å². The van der Waals surface area contributed by atoms with E-state index in [1.54, 1.807) is 0 Å². The van der Waals surface area contributed by atoms with Gasteiger partial charge in [0.2, 0.25) is 0 Å². The molecule has 0 atom stereocenters. The SMILES string of the molecule is CCCC.CCCC.Cc1ccc(C)cc1.Cc1ccc(C)cc1. The lowest BCUT2D eigenvalue weighted by atomic mass is 10.2. The number of rotatable bonds is 2. The van der Waals surface area contributed by atoms with Crippen LogP contribution in [0.25, 0.3) is 0 Å². The molecule has 0 nitrogen and oxygen atoms in total. The fourth-order valence-electron chi connectivity index (χ4n) is 1.27. The van der Waals surface area contributed by atoms with Crippen LogP contribution >= 0.6 is 0 Å². The Kier molecular flexibility index (Phi) is 18.3. The van der Waals surface area contributed by atoms with Gasteiger partial charge in [0, 0.05) is 0 Å². The number of aryl methyl sites for hydroxylation is 4. The molecule has 0 aromatic heterocycles. The highest BCUT2D eigenvalue weighted by molar-refractivity contribution is 5.20. The van der Waals surface area contributed by atoms with Crippen LogP contribution in [0.3, 0.4) is 0 Å². The van der Waals surface area contributed by atoms with Crippen LogP contribution in [0.5, 0.6) is 0 Å². The molecule has 0 spiro atoms. The molecule has 0 heteroatoms. The topological polar surface area (TPSA) is 0 Å². The van der Waals surface area contributed by atoms with Crippen LogP contribution < -0.4 is 0 Å².